The Hall–Kier alpha value is -1.59. The van der Waals surface area contributed by atoms with Gasteiger partial charge < -0.3 is 10.1 Å². The maximum absolute atomic E-state index is 12.3. The van der Waals surface area contributed by atoms with Crippen LogP contribution in [0.5, 0.6) is 0 Å². The molecular weight excluding hydrogens is 296 g/mol. The first-order chi connectivity index (χ1) is 10.7. The molecule has 1 aliphatic carbocycles. The summed E-state index contributed by atoms with van der Waals surface area (Å²) in [6.07, 6.45) is 2.91. The van der Waals surface area contributed by atoms with Crippen LogP contribution in [-0.4, -0.2) is 29.6 Å². The molecule has 1 saturated heterocycles. The predicted octanol–water partition coefficient (Wildman–Crippen LogP) is 2.37. The highest BCUT2D eigenvalue weighted by Gasteiger charge is 2.41. The zero-order valence-corrected chi connectivity index (χ0v) is 14.5. The number of rotatable bonds is 3. The number of nitrogens with one attached hydrogen (secondary N) is 2. The molecule has 2 rings (SSSR count). The Labute approximate surface area is 137 Å². The lowest BCUT2D eigenvalue weighted by Gasteiger charge is -2.38. The van der Waals surface area contributed by atoms with Crippen LogP contribution in [0.15, 0.2) is 0 Å². The monoisotopic (exact) mass is 324 g/mol. The average Bonchev–Trinajstić information content (AvgIpc) is 2.43. The molecule has 1 aliphatic heterocycles. The Morgan fingerprint density at radius 2 is 2.04 bits per heavy atom. The molecule has 0 bridgehead atoms. The summed E-state index contributed by atoms with van der Waals surface area (Å²) in [4.78, 5) is 35.5. The van der Waals surface area contributed by atoms with Crippen molar-refractivity contribution in [3.63, 3.8) is 0 Å². The van der Waals surface area contributed by atoms with Crippen LogP contribution in [0.25, 0.3) is 0 Å². The molecule has 130 valence electrons. The third-order valence-electron chi connectivity index (χ3n) is 5.20. The van der Waals surface area contributed by atoms with Crippen LogP contribution in [0.2, 0.25) is 0 Å². The number of carbonyl (C=O) groups is 3. The minimum Gasteiger partial charge on any atom is -0.446 e. The van der Waals surface area contributed by atoms with E-state index in [1.807, 2.05) is 0 Å². The first-order valence-electron chi connectivity index (χ1n) is 8.54. The van der Waals surface area contributed by atoms with Gasteiger partial charge in [0.2, 0.25) is 5.91 Å². The molecular formula is C17H28N2O4. The van der Waals surface area contributed by atoms with Crippen molar-refractivity contribution in [2.75, 3.05) is 0 Å². The minimum atomic E-state index is -1.08. The summed E-state index contributed by atoms with van der Waals surface area (Å²) in [6.45, 7) is 8.10. The SMILES string of the molecule is CC(C)[C@@H]1CC[C@@H](C)C[C@H]1OC(=O)N[C@]1(C)CCC(=O)NC1=O. The molecule has 2 aliphatic rings. The molecule has 4 atom stereocenters. The van der Waals surface area contributed by atoms with E-state index in [0.717, 1.165) is 19.3 Å². The fourth-order valence-electron chi connectivity index (χ4n) is 3.57. The minimum absolute atomic E-state index is 0.115. The van der Waals surface area contributed by atoms with Crippen LogP contribution in [0.1, 0.15) is 59.8 Å². The van der Waals surface area contributed by atoms with Gasteiger partial charge in [0.1, 0.15) is 11.6 Å². The van der Waals surface area contributed by atoms with Gasteiger partial charge in [-0.1, -0.05) is 27.2 Å². The summed E-state index contributed by atoms with van der Waals surface area (Å²) in [5.41, 5.74) is -1.08. The first kappa shape index (κ1) is 17.8. The standard InChI is InChI=1S/C17H28N2O4/c1-10(2)12-6-5-11(3)9-13(12)23-16(22)19-17(4)8-7-14(20)18-15(17)21/h10-13H,5-9H2,1-4H3,(H,19,22)(H,18,20,21)/t11-,12+,13-,17-/m1/s1. The van der Waals surface area contributed by atoms with Crippen molar-refractivity contribution in [3.05, 3.63) is 0 Å². The summed E-state index contributed by atoms with van der Waals surface area (Å²) >= 11 is 0. The Balaban J connectivity index is 1.97. The van der Waals surface area contributed by atoms with Crippen LogP contribution in [0.4, 0.5) is 4.79 Å². The van der Waals surface area contributed by atoms with E-state index in [1.165, 1.54) is 0 Å². The Morgan fingerprint density at radius 3 is 2.65 bits per heavy atom. The van der Waals surface area contributed by atoms with E-state index in [9.17, 15) is 14.4 Å². The lowest BCUT2D eigenvalue weighted by molar-refractivity contribution is -0.138. The normalized spacial score (nSPS) is 34.9. The molecule has 0 unspecified atom stereocenters. The van der Waals surface area contributed by atoms with Gasteiger partial charge in [-0.25, -0.2) is 4.79 Å². The van der Waals surface area contributed by atoms with Gasteiger partial charge in [-0.2, -0.15) is 0 Å². The Bertz CT molecular complexity index is 491. The third kappa shape index (κ3) is 4.24. The van der Waals surface area contributed by atoms with E-state index >= 15 is 0 Å². The van der Waals surface area contributed by atoms with E-state index in [-0.39, 0.29) is 18.4 Å². The second-order valence-corrected chi connectivity index (χ2v) is 7.60. The van der Waals surface area contributed by atoms with Crippen LogP contribution in [-0.2, 0) is 14.3 Å². The van der Waals surface area contributed by atoms with Crippen molar-refractivity contribution in [2.45, 2.75) is 71.4 Å². The molecule has 2 N–H and O–H groups in total. The molecule has 2 fully saturated rings. The summed E-state index contributed by atoms with van der Waals surface area (Å²) in [5, 5.41) is 4.93. The van der Waals surface area contributed by atoms with Gasteiger partial charge in [-0.15, -0.1) is 0 Å². The second-order valence-electron chi connectivity index (χ2n) is 7.60. The van der Waals surface area contributed by atoms with Gasteiger partial charge >= 0.3 is 6.09 Å². The summed E-state index contributed by atoms with van der Waals surface area (Å²) in [6, 6.07) is 0. The maximum Gasteiger partial charge on any atom is 0.408 e. The molecule has 3 amide bonds. The van der Waals surface area contributed by atoms with E-state index < -0.39 is 17.5 Å². The smallest absolute Gasteiger partial charge is 0.408 e. The number of carbonyl (C=O) groups excluding carboxylic acids is 3. The lowest BCUT2D eigenvalue weighted by atomic mass is 9.75. The number of alkyl carbamates (subject to hydrolysis) is 1. The van der Waals surface area contributed by atoms with Gasteiger partial charge in [-0.05, 0) is 43.9 Å². The number of ether oxygens (including phenoxy) is 1. The number of hydrogen-bond donors (Lipinski definition) is 2. The van der Waals surface area contributed by atoms with E-state index in [2.05, 4.69) is 31.4 Å². The van der Waals surface area contributed by atoms with E-state index in [4.69, 9.17) is 4.74 Å². The fourth-order valence-corrected chi connectivity index (χ4v) is 3.57. The van der Waals surface area contributed by atoms with E-state index in [0.29, 0.717) is 24.2 Å². The Morgan fingerprint density at radius 1 is 1.35 bits per heavy atom. The van der Waals surface area contributed by atoms with Crippen molar-refractivity contribution < 1.29 is 19.1 Å². The zero-order chi connectivity index (χ0) is 17.2. The number of imide groups is 1. The molecule has 0 radical (unpaired) electrons. The molecule has 0 aromatic rings. The third-order valence-corrected chi connectivity index (χ3v) is 5.20. The van der Waals surface area contributed by atoms with Crippen molar-refractivity contribution in [2.24, 2.45) is 17.8 Å². The first-order valence-corrected chi connectivity index (χ1v) is 8.54. The Kier molecular flexibility index (Phi) is 5.32. The highest BCUT2D eigenvalue weighted by Crippen LogP contribution is 2.35. The van der Waals surface area contributed by atoms with E-state index in [1.54, 1.807) is 6.92 Å². The number of amides is 3. The second kappa shape index (κ2) is 6.89. The quantitative estimate of drug-likeness (QED) is 0.781. The van der Waals surface area contributed by atoms with Gasteiger partial charge in [-0.3, -0.25) is 14.9 Å². The lowest BCUT2D eigenvalue weighted by Crippen LogP contribution is -2.61. The summed E-state index contributed by atoms with van der Waals surface area (Å²) in [7, 11) is 0. The maximum atomic E-state index is 12.3. The molecule has 6 heteroatoms. The highest BCUT2D eigenvalue weighted by atomic mass is 16.6. The van der Waals surface area contributed by atoms with Crippen LogP contribution in [0, 0.1) is 17.8 Å². The molecule has 0 spiro atoms. The van der Waals surface area contributed by atoms with Crippen molar-refractivity contribution >= 4 is 17.9 Å². The van der Waals surface area contributed by atoms with Crippen LogP contribution < -0.4 is 10.6 Å². The van der Waals surface area contributed by atoms with Gasteiger partial charge in [0.05, 0.1) is 0 Å². The largest absolute Gasteiger partial charge is 0.446 e. The zero-order valence-electron chi connectivity index (χ0n) is 14.5. The number of piperidine rings is 1. The fraction of sp³-hybridized carbons (Fsp3) is 0.824. The topological polar surface area (TPSA) is 84.5 Å². The molecule has 0 aromatic carbocycles. The van der Waals surface area contributed by atoms with Gasteiger partial charge in [0.25, 0.3) is 5.91 Å². The van der Waals surface area contributed by atoms with Crippen molar-refractivity contribution in [3.8, 4) is 0 Å². The van der Waals surface area contributed by atoms with Crippen LogP contribution in [0.3, 0.4) is 0 Å². The molecule has 1 heterocycles. The highest BCUT2D eigenvalue weighted by molar-refractivity contribution is 6.03. The molecule has 6 nitrogen and oxygen atoms in total. The average molecular weight is 324 g/mol. The predicted molar refractivity (Wildman–Crippen MR) is 85.5 cm³/mol. The van der Waals surface area contributed by atoms with Crippen molar-refractivity contribution in [1.82, 2.24) is 10.6 Å². The van der Waals surface area contributed by atoms with Crippen molar-refractivity contribution in [1.29, 1.82) is 0 Å². The molecule has 23 heavy (non-hydrogen) atoms. The summed E-state index contributed by atoms with van der Waals surface area (Å²) in [5.74, 6) is 0.568. The molecule has 1 saturated carbocycles. The summed E-state index contributed by atoms with van der Waals surface area (Å²) < 4.78 is 5.66. The van der Waals surface area contributed by atoms with Gasteiger partial charge in [0, 0.05) is 6.42 Å². The van der Waals surface area contributed by atoms with Gasteiger partial charge in [0.15, 0.2) is 0 Å². The molecule has 0 aromatic heterocycles. The number of hydrogen-bond acceptors (Lipinski definition) is 4. The van der Waals surface area contributed by atoms with Crippen LogP contribution >= 0.6 is 0 Å².